The summed E-state index contributed by atoms with van der Waals surface area (Å²) >= 11 is 1.60. The van der Waals surface area contributed by atoms with E-state index in [2.05, 4.69) is 11.1 Å². The van der Waals surface area contributed by atoms with E-state index in [1.165, 1.54) is 0 Å². The first-order valence-electron chi connectivity index (χ1n) is 8.75. The molecule has 0 aromatic carbocycles. The van der Waals surface area contributed by atoms with Crippen LogP contribution in [0.15, 0.2) is 28.9 Å². The lowest BCUT2D eigenvalue weighted by Crippen LogP contribution is -2.44. The molecule has 4 atom stereocenters. The van der Waals surface area contributed by atoms with Gasteiger partial charge in [-0.3, -0.25) is 14.6 Å². The van der Waals surface area contributed by atoms with E-state index in [0.29, 0.717) is 13.0 Å². The largest absolute Gasteiger partial charge is 0.465 e. The zero-order chi connectivity index (χ0) is 18.2. The molecule has 136 valence electrons. The number of carbonyl (C=O) groups is 2. The molecule has 1 saturated heterocycles. The van der Waals surface area contributed by atoms with Gasteiger partial charge in [-0.2, -0.15) is 0 Å². The normalized spacial score (nSPS) is 33.3. The van der Waals surface area contributed by atoms with Gasteiger partial charge in [0.25, 0.3) is 0 Å². The number of allylic oxidation sites excluding steroid dienone is 3. The van der Waals surface area contributed by atoms with Crippen molar-refractivity contribution in [1.29, 1.82) is 0 Å². The number of ether oxygens (including phenoxy) is 2. The van der Waals surface area contributed by atoms with Gasteiger partial charge in [0.05, 0.1) is 23.0 Å². The fourth-order valence-electron chi connectivity index (χ4n) is 3.74. The van der Waals surface area contributed by atoms with E-state index < -0.39 is 11.5 Å². The lowest BCUT2D eigenvalue weighted by molar-refractivity contribution is -0.155. The Kier molecular flexibility index (Phi) is 4.84. The van der Waals surface area contributed by atoms with Crippen LogP contribution in [0.4, 0.5) is 0 Å². The van der Waals surface area contributed by atoms with Crippen molar-refractivity contribution in [2.45, 2.75) is 56.1 Å². The van der Waals surface area contributed by atoms with Gasteiger partial charge in [-0.05, 0) is 52.5 Å². The molecule has 0 amide bonds. The van der Waals surface area contributed by atoms with Crippen molar-refractivity contribution >= 4 is 29.9 Å². The van der Waals surface area contributed by atoms with Gasteiger partial charge in [0, 0.05) is 6.21 Å². The van der Waals surface area contributed by atoms with Crippen LogP contribution in [0.1, 0.15) is 40.5 Å². The van der Waals surface area contributed by atoms with Crippen molar-refractivity contribution in [3.63, 3.8) is 0 Å². The summed E-state index contributed by atoms with van der Waals surface area (Å²) in [5.41, 5.74) is 0.419. The van der Waals surface area contributed by atoms with Crippen LogP contribution < -0.4 is 0 Å². The quantitative estimate of drug-likeness (QED) is 0.720. The molecule has 0 bridgehead atoms. The third kappa shape index (κ3) is 3.41. The number of hydrogen-bond acceptors (Lipinski definition) is 6. The minimum Gasteiger partial charge on any atom is -0.465 e. The Morgan fingerprint density at radius 2 is 2.12 bits per heavy atom. The zero-order valence-electron chi connectivity index (χ0n) is 15.2. The smallest absolute Gasteiger partial charge is 0.319 e. The highest BCUT2D eigenvalue weighted by Crippen LogP contribution is 2.59. The van der Waals surface area contributed by atoms with Crippen molar-refractivity contribution in [1.82, 2.24) is 0 Å². The second kappa shape index (κ2) is 6.63. The predicted octanol–water partition coefficient (Wildman–Crippen LogP) is 3.30. The lowest BCUT2D eigenvalue weighted by Gasteiger charge is -2.40. The van der Waals surface area contributed by atoms with Gasteiger partial charge in [0.15, 0.2) is 0 Å². The fraction of sp³-hybridized carbons (Fsp3) is 0.632. The van der Waals surface area contributed by atoms with Gasteiger partial charge in [-0.1, -0.05) is 12.2 Å². The summed E-state index contributed by atoms with van der Waals surface area (Å²) in [7, 11) is 0. The second-order valence-corrected chi connectivity index (χ2v) is 9.15. The number of carbonyl (C=O) groups excluding carboxylic acids is 2. The Labute approximate surface area is 152 Å². The molecule has 0 aromatic heterocycles. The highest BCUT2D eigenvalue weighted by Gasteiger charge is 2.58. The summed E-state index contributed by atoms with van der Waals surface area (Å²) in [6, 6.07) is 0. The molecule has 3 aliphatic rings. The minimum absolute atomic E-state index is 0.0113. The first-order chi connectivity index (χ1) is 11.8. The van der Waals surface area contributed by atoms with E-state index in [9.17, 15) is 9.59 Å². The van der Waals surface area contributed by atoms with Gasteiger partial charge in [0.2, 0.25) is 0 Å². The molecule has 3 rings (SSSR count). The SMILES string of the molecule is CCOC(=O)C1C=NC2=CC=CCC23SC(C(=O)OC(C)(C)C)CC13. The van der Waals surface area contributed by atoms with Crippen molar-refractivity contribution in [3.8, 4) is 0 Å². The van der Waals surface area contributed by atoms with Crippen LogP contribution in [-0.2, 0) is 19.1 Å². The Balaban J connectivity index is 1.90. The maximum absolute atomic E-state index is 12.6. The highest BCUT2D eigenvalue weighted by molar-refractivity contribution is 8.02. The van der Waals surface area contributed by atoms with E-state index in [-0.39, 0.29) is 27.9 Å². The monoisotopic (exact) mass is 363 g/mol. The number of thioether (sulfide) groups is 1. The number of esters is 2. The van der Waals surface area contributed by atoms with Crippen LogP contribution in [0, 0.1) is 11.8 Å². The summed E-state index contributed by atoms with van der Waals surface area (Å²) in [4.78, 5) is 29.6. The Hall–Kier alpha value is -1.56. The number of hydrogen-bond donors (Lipinski definition) is 0. The number of aliphatic imine (C=N–C) groups is 1. The zero-order valence-corrected chi connectivity index (χ0v) is 16.0. The second-order valence-electron chi connectivity index (χ2n) is 7.61. The van der Waals surface area contributed by atoms with Gasteiger partial charge in [0.1, 0.15) is 10.9 Å². The summed E-state index contributed by atoms with van der Waals surface area (Å²) < 4.78 is 10.5. The van der Waals surface area contributed by atoms with Crippen molar-refractivity contribution < 1.29 is 19.1 Å². The van der Waals surface area contributed by atoms with Crippen LogP contribution in [-0.4, -0.2) is 40.4 Å². The highest BCUT2D eigenvalue weighted by atomic mass is 32.2. The van der Waals surface area contributed by atoms with E-state index in [4.69, 9.17) is 9.47 Å². The first kappa shape index (κ1) is 18.2. The van der Waals surface area contributed by atoms with Crippen LogP contribution in [0.5, 0.6) is 0 Å². The summed E-state index contributed by atoms with van der Waals surface area (Å²) in [6.45, 7) is 7.75. The average molecular weight is 363 g/mol. The Morgan fingerprint density at radius 1 is 1.36 bits per heavy atom. The maximum Gasteiger partial charge on any atom is 0.319 e. The van der Waals surface area contributed by atoms with E-state index in [1.807, 2.05) is 32.9 Å². The maximum atomic E-state index is 12.6. The van der Waals surface area contributed by atoms with Crippen LogP contribution in [0.25, 0.3) is 0 Å². The minimum atomic E-state index is -0.523. The third-order valence-electron chi connectivity index (χ3n) is 4.70. The lowest BCUT2D eigenvalue weighted by atomic mass is 9.72. The molecule has 0 N–H and O–H groups in total. The van der Waals surface area contributed by atoms with Gasteiger partial charge >= 0.3 is 11.9 Å². The molecule has 6 heteroatoms. The molecule has 0 saturated carbocycles. The first-order valence-corrected chi connectivity index (χ1v) is 9.63. The fourth-order valence-corrected chi connectivity index (χ4v) is 5.54. The number of nitrogens with zero attached hydrogens (tertiary/aromatic N) is 1. The van der Waals surface area contributed by atoms with Crippen LogP contribution in [0.2, 0.25) is 0 Å². The van der Waals surface area contributed by atoms with Crippen molar-refractivity contribution in [3.05, 3.63) is 23.9 Å². The molecule has 5 nitrogen and oxygen atoms in total. The summed E-state index contributed by atoms with van der Waals surface area (Å²) in [5, 5.41) is -0.294. The topological polar surface area (TPSA) is 65.0 Å². The van der Waals surface area contributed by atoms with Gasteiger partial charge < -0.3 is 9.47 Å². The molecular weight excluding hydrogens is 338 g/mol. The summed E-state index contributed by atoms with van der Waals surface area (Å²) in [6.07, 6.45) is 9.12. The molecule has 0 aromatic rings. The standard InChI is InChI=1S/C19H25NO4S/c1-5-23-16(21)12-11-20-15-8-6-7-9-19(15)13(12)10-14(25-19)17(22)24-18(2,3)4/h6-8,11-14H,5,9-10H2,1-4H3. The molecule has 1 spiro atoms. The Bertz CT molecular complexity index is 661. The predicted molar refractivity (Wildman–Crippen MR) is 98.5 cm³/mol. The molecule has 2 heterocycles. The molecule has 4 unspecified atom stereocenters. The summed E-state index contributed by atoms with van der Waals surface area (Å²) in [5.74, 6) is -0.890. The molecule has 0 radical (unpaired) electrons. The Morgan fingerprint density at radius 3 is 2.80 bits per heavy atom. The van der Waals surface area contributed by atoms with Crippen molar-refractivity contribution in [2.24, 2.45) is 16.8 Å². The number of rotatable bonds is 3. The van der Waals surface area contributed by atoms with E-state index >= 15 is 0 Å². The van der Waals surface area contributed by atoms with Gasteiger partial charge in [-0.25, -0.2) is 0 Å². The van der Waals surface area contributed by atoms with E-state index in [0.717, 1.165) is 12.1 Å². The van der Waals surface area contributed by atoms with Gasteiger partial charge in [-0.15, -0.1) is 11.8 Å². The average Bonchev–Trinajstić information content (AvgIpc) is 2.91. The molecule has 1 aliphatic carbocycles. The van der Waals surface area contributed by atoms with Crippen LogP contribution >= 0.6 is 11.8 Å². The molecule has 2 aliphatic heterocycles. The molecule has 25 heavy (non-hydrogen) atoms. The third-order valence-corrected chi connectivity index (χ3v) is 6.47. The molecular formula is C19H25NO4S. The van der Waals surface area contributed by atoms with Crippen LogP contribution in [0.3, 0.4) is 0 Å². The van der Waals surface area contributed by atoms with Crippen molar-refractivity contribution in [2.75, 3.05) is 6.61 Å². The van der Waals surface area contributed by atoms with E-state index in [1.54, 1.807) is 24.9 Å². The molecule has 1 fully saturated rings.